The fourth-order valence-corrected chi connectivity index (χ4v) is 2.31. The van der Waals surface area contributed by atoms with Crippen LogP contribution in [0, 0.1) is 0 Å². The molecule has 0 spiro atoms. The van der Waals surface area contributed by atoms with Crippen LogP contribution in [0.15, 0.2) is 4.99 Å². The Kier molecular flexibility index (Phi) is 8.14. The van der Waals surface area contributed by atoms with Gasteiger partial charge < -0.3 is 20.3 Å². The molecule has 1 atom stereocenters. The summed E-state index contributed by atoms with van der Waals surface area (Å²) in [5, 5.41) is 6.75. The normalized spacial score (nSPS) is 20.0. The van der Waals surface area contributed by atoms with E-state index in [-0.39, 0.29) is 5.60 Å². The van der Waals surface area contributed by atoms with Crippen LogP contribution in [0.25, 0.3) is 0 Å². The molecule has 1 rings (SSSR count). The Labute approximate surface area is 136 Å². The molecule has 130 valence electrons. The van der Waals surface area contributed by atoms with Gasteiger partial charge in [-0.3, -0.25) is 9.89 Å². The van der Waals surface area contributed by atoms with Crippen LogP contribution in [-0.4, -0.2) is 87.4 Å². The van der Waals surface area contributed by atoms with E-state index in [0.29, 0.717) is 12.6 Å². The number of guanidine groups is 1. The van der Waals surface area contributed by atoms with Crippen molar-refractivity contribution in [3.05, 3.63) is 0 Å². The molecule has 1 aliphatic heterocycles. The fraction of sp³-hybridized carbons (Fsp3) is 0.938. The van der Waals surface area contributed by atoms with E-state index in [0.717, 1.165) is 45.2 Å². The lowest BCUT2D eigenvalue weighted by atomic mass is 10.1. The molecule has 6 heteroatoms. The number of ether oxygens (including phenoxy) is 1. The van der Waals surface area contributed by atoms with Gasteiger partial charge in [0.1, 0.15) is 0 Å². The molecule has 0 aromatic rings. The summed E-state index contributed by atoms with van der Waals surface area (Å²) in [6.07, 6.45) is 0. The Balaban J connectivity index is 2.44. The van der Waals surface area contributed by atoms with Crippen molar-refractivity contribution < 1.29 is 4.74 Å². The Morgan fingerprint density at radius 3 is 2.41 bits per heavy atom. The number of hydrogen-bond acceptors (Lipinski definition) is 4. The van der Waals surface area contributed by atoms with E-state index < -0.39 is 0 Å². The summed E-state index contributed by atoms with van der Waals surface area (Å²) in [5.74, 6) is 0.869. The third kappa shape index (κ3) is 6.94. The minimum Gasteiger partial charge on any atom is -0.377 e. The van der Waals surface area contributed by atoms with Crippen molar-refractivity contribution in [2.24, 2.45) is 4.99 Å². The second-order valence-electron chi connectivity index (χ2n) is 6.73. The first-order valence-electron chi connectivity index (χ1n) is 8.38. The van der Waals surface area contributed by atoms with E-state index in [1.807, 2.05) is 13.8 Å². The topological polar surface area (TPSA) is 52.1 Å². The molecule has 0 aromatic heterocycles. The van der Waals surface area contributed by atoms with E-state index >= 15 is 0 Å². The monoisotopic (exact) mass is 313 g/mol. The molecule has 6 nitrogen and oxygen atoms in total. The van der Waals surface area contributed by atoms with Gasteiger partial charge in [0.15, 0.2) is 5.96 Å². The number of methoxy groups -OCH3 is 1. The summed E-state index contributed by atoms with van der Waals surface area (Å²) >= 11 is 0. The molecule has 0 aliphatic carbocycles. The van der Waals surface area contributed by atoms with Crippen molar-refractivity contribution >= 4 is 5.96 Å². The Morgan fingerprint density at radius 2 is 1.86 bits per heavy atom. The summed E-state index contributed by atoms with van der Waals surface area (Å²) in [6.45, 7) is 15.5. The highest BCUT2D eigenvalue weighted by Crippen LogP contribution is 2.07. The second-order valence-corrected chi connectivity index (χ2v) is 6.73. The first-order valence-corrected chi connectivity index (χ1v) is 8.38. The third-order valence-corrected chi connectivity index (χ3v) is 4.24. The van der Waals surface area contributed by atoms with Crippen LogP contribution in [0.1, 0.15) is 27.7 Å². The highest BCUT2D eigenvalue weighted by atomic mass is 16.5. The molecule has 1 unspecified atom stereocenters. The molecule has 0 aromatic carbocycles. The minimum absolute atomic E-state index is 0.231. The van der Waals surface area contributed by atoms with E-state index in [2.05, 4.69) is 46.3 Å². The number of nitrogens with one attached hydrogen (secondary N) is 2. The van der Waals surface area contributed by atoms with Gasteiger partial charge in [0, 0.05) is 52.4 Å². The van der Waals surface area contributed by atoms with Crippen molar-refractivity contribution in [1.82, 2.24) is 20.4 Å². The largest absolute Gasteiger partial charge is 0.377 e. The maximum Gasteiger partial charge on any atom is 0.191 e. The number of rotatable bonds is 7. The van der Waals surface area contributed by atoms with Crippen molar-refractivity contribution in [3.8, 4) is 0 Å². The number of hydrogen-bond donors (Lipinski definition) is 2. The second kappa shape index (κ2) is 9.33. The smallest absolute Gasteiger partial charge is 0.191 e. The Hall–Kier alpha value is -0.850. The van der Waals surface area contributed by atoms with Gasteiger partial charge in [0.25, 0.3) is 0 Å². The molecule has 0 bridgehead atoms. The SMILES string of the molecule is CCNC(=NCC(C)(C)OC)NCC(C)N1CCN(C)CC1. The molecule has 0 amide bonds. The van der Waals surface area contributed by atoms with Gasteiger partial charge in [-0.15, -0.1) is 0 Å². The van der Waals surface area contributed by atoms with Crippen LogP contribution in [0.4, 0.5) is 0 Å². The van der Waals surface area contributed by atoms with Crippen molar-refractivity contribution in [2.45, 2.75) is 39.3 Å². The lowest BCUT2D eigenvalue weighted by molar-refractivity contribution is 0.0310. The van der Waals surface area contributed by atoms with Gasteiger partial charge in [-0.1, -0.05) is 0 Å². The van der Waals surface area contributed by atoms with Crippen molar-refractivity contribution in [2.75, 3.05) is 60.0 Å². The molecular weight excluding hydrogens is 278 g/mol. The summed E-state index contributed by atoms with van der Waals surface area (Å²) in [7, 11) is 3.92. The van der Waals surface area contributed by atoms with Gasteiger partial charge in [0.05, 0.1) is 12.1 Å². The molecule has 0 saturated carbocycles. The zero-order chi connectivity index (χ0) is 16.6. The zero-order valence-corrected chi connectivity index (χ0v) is 15.3. The average Bonchev–Trinajstić information content (AvgIpc) is 2.50. The van der Waals surface area contributed by atoms with Gasteiger partial charge in [-0.2, -0.15) is 0 Å². The minimum atomic E-state index is -0.231. The molecule has 1 heterocycles. The molecule has 1 aliphatic rings. The van der Waals surface area contributed by atoms with Crippen LogP contribution in [0.5, 0.6) is 0 Å². The van der Waals surface area contributed by atoms with Gasteiger partial charge in [0.2, 0.25) is 0 Å². The lowest BCUT2D eigenvalue weighted by Gasteiger charge is -2.36. The third-order valence-electron chi connectivity index (χ3n) is 4.24. The zero-order valence-electron chi connectivity index (χ0n) is 15.3. The van der Waals surface area contributed by atoms with E-state index in [1.54, 1.807) is 7.11 Å². The van der Waals surface area contributed by atoms with E-state index in [9.17, 15) is 0 Å². The van der Waals surface area contributed by atoms with Gasteiger partial charge in [-0.05, 0) is 34.7 Å². The predicted molar refractivity (Wildman–Crippen MR) is 93.6 cm³/mol. The van der Waals surface area contributed by atoms with Gasteiger partial charge >= 0.3 is 0 Å². The first-order chi connectivity index (χ1) is 10.4. The highest BCUT2D eigenvalue weighted by Gasteiger charge is 2.19. The summed E-state index contributed by atoms with van der Waals surface area (Å²) in [6, 6.07) is 0.507. The average molecular weight is 313 g/mol. The quantitative estimate of drug-likeness (QED) is 0.533. The van der Waals surface area contributed by atoms with Crippen molar-refractivity contribution in [3.63, 3.8) is 0 Å². The first kappa shape index (κ1) is 19.2. The maximum absolute atomic E-state index is 5.42. The fourth-order valence-electron chi connectivity index (χ4n) is 2.31. The van der Waals surface area contributed by atoms with Crippen LogP contribution in [0.3, 0.4) is 0 Å². The molecule has 22 heavy (non-hydrogen) atoms. The Morgan fingerprint density at radius 1 is 1.23 bits per heavy atom. The summed E-state index contributed by atoms with van der Waals surface area (Å²) in [5.41, 5.74) is -0.231. The van der Waals surface area contributed by atoms with E-state index in [1.165, 1.54) is 0 Å². The van der Waals surface area contributed by atoms with Crippen molar-refractivity contribution in [1.29, 1.82) is 0 Å². The van der Waals surface area contributed by atoms with Crippen LogP contribution >= 0.6 is 0 Å². The summed E-state index contributed by atoms with van der Waals surface area (Å²) in [4.78, 5) is 9.55. The highest BCUT2D eigenvalue weighted by molar-refractivity contribution is 5.79. The molecule has 2 N–H and O–H groups in total. The van der Waals surface area contributed by atoms with Crippen LogP contribution < -0.4 is 10.6 Å². The standard InChI is InChI=1S/C16H35N5O/c1-7-17-15(19-13-16(3,4)22-6)18-12-14(2)21-10-8-20(5)9-11-21/h14H,7-13H2,1-6H3,(H2,17,18,19). The summed E-state index contributed by atoms with van der Waals surface area (Å²) < 4.78 is 5.42. The van der Waals surface area contributed by atoms with Crippen LogP contribution in [-0.2, 0) is 4.74 Å². The maximum atomic E-state index is 5.42. The predicted octanol–water partition coefficient (Wildman–Crippen LogP) is 0.602. The lowest BCUT2D eigenvalue weighted by Crippen LogP contribution is -2.52. The number of aliphatic imine (C=N–C) groups is 1. The molecule has 1 saturated heterocycles. The van der Waals surface area contributed by atoms with E-state index in [4.69, 9.17) is 4.74 Å². The van der Waals surface area contributed by atoms with Crippen LogP contribution in [0.2, 0.25) is 0 Å². The number of piperazine rings is 1. The molecular formula is C16H35N5O. The van der Waals surface area contributed by atoms with Gasteiger partial charge in [-0.25, -0.2) is 0 Å². The number of likely N-dealkylation sites (N-methyl/N-ethyl adjacent to an activating group) is 1. The Bertz CT molecular complexity index is 337. The number of nitrogens with zero attached hydrogens (tertiary/aromatic N) is 3. The molecule has 1 fully saturated rings. The molecule has 0 radical (unpaired) electrons.